The van der Waals surface area contributed by atoms with Crippen LogP contribution in [0.3, 0.4) is 0 Å². The van der Waals surface area contributed by atoms with Gasteiger partial charge in [-0.15, -0.1) is 0 Å². The zero-order valence-electron chi connectivity index (χ0n) is 4.96. The van der Waals surface area contributed by atoms with E-state index in [4.69, 9.17) is 0 Å². The van der Waals surface area contributed by atoms with Gasteiger partial charge in [0.05, 0.1) is 0 Å². The van der Waals surface area contributed by atoms with Crippen LogP contribution in [0.4, 0.5) is 0 Å². The Kier molecular flexibility index (Phi) is 4.47. The van der Waals surface area contributed by atoms with Crippen molar-refractivity contribution in [3.05, 3.63) is 35.8 Å². The van der Waals surface area contributed by atoms with E-state index in [1.807, 2.05) is 19.1 Å². The predicted molar refractivity (Wildman–Crippen MR) is 42.1 cm³/mol. The number of allylic oxidation sites excluding steroid dienone is 4. The Hall–Kier alpha value is -0.430. The molecule has 44 valence electrons. The Bertz CT molecular complexity index is 120. The van der Waals surface area contributed by atoms with Crippen LogP contribution >= 0.6 is 12.6 Å². The van der Waals surface area contributed by atoms with Crippen molar-refractivity contribution in [1.29, 1.82) is 0 Å². The fourth-order valence-corrected chi connectivity index (χ4v) is 0.594. The van der Waals surface area contributed by atoms with Crippen LogP contribution in [0.1, 0.15) is 6.92 Å². The zero-order chi connectivity index (χ0) is 6.41. The van der Waals surface area contributed by atoms with Crippen LogP contribution in [0.25, 0.3) is 0 Å². The molecule has 0 saturated heterocycles. The summed E-state index contributed by atoms with van der Waals surface area (Å²) in [6.45, 7) is 5.54. The molecular formula is C7H10S. The van der Waals surface area contributed by atoms with Crippen LogP contribution in [0.2, 0.25) is 0 Å². The molecule has 0 aliphatic heterocycles. The molecule has 0 bridgehead atoms. The fourth-order valence-electron chi connectivity index (χ4n) is 0.359. The highest BCUT2D eigenvalue weighted by Crippen LogP contribution is 1.94. The van der Waals surface area contributed by atoms with Crippen LogP contribution in [-0.4, -0.2) is 0 Å². The standard InChI is InChI=1S/C7H10S/c1-3-4-7(2)5-6-8/h3-6,8H,1H2,2H3/b6-5-,7-4-. The third-order valence-corrected chi connectivity index (χ3v) is 0.867. The molecule has 0 heterocycles. The molecule has 0 saturated carbocycles. The first-order chi connectivity index (χ1) is 3.81. The maximum Gasteiger partial charge on any atom is -0.0322 e. The fraction of sp³-hybridized carbons (Fsp3) is 0.143. The lowest BCUT2D eigenvalue weighted by atomic mass is 10.3. The van der Waals surface area contributed by atoms with E-state index in [2.05, 4.69) is 19.2 Å². The van der Waals surface area contributed by atoms with E-state index >= 15 is 0 Å². The minimum Gasteiger partial charge on any atom is -0.151 e. The maximum absolute atomic E-state index is 3.90. The minimum atomic E-state index is 1.16. The number of thiol groups is 1. The van der Waals surface area contributed by atoms with E-state index in [0.29, 0.717) is 0 Å². The van der Waals surface area contributed by atoms with Crippen molar-refractivity contribution >= 4 is 12.6 Å². The molecule has 0 aliphatic rings. The first-order valence-electron chi connectivity index (χ1n) is 2.41. The molecule has 8 heavy (non-hydrogen) atoms. The first-order valence-corrected chi connectivity index (χ1v) is 2.93. The predicted octanol–water partition coefficient (Wildman–Crippen LogP) is 2.56. The van der Waals surface area contributed by atoms with Gasteiger partial charge in [0.2, 0.25) is 0 Å². The average molecular weight is 126 g/mol. The highest BCUT2D eigenvalue weighted by Gasteiger charge is 1.72. The lowest BCUT2D eigenvalue weighted by molar-refractivity contribution is 1.54. The van der Waals surface area contributed by atoms with E-state index in [1.165, 1.54) is 0 Å². The van der Waals surface area contributed by atoms with Gasteiger partial charge >= 0.3 is 0 Å². The molecule has 0 aromatic carbocycles. The summed E-state index contributed by atoms with van der Waals surface area (Å²) in [7, 11) is 0. The number of hydrogen-bond donors (Lipinski definition) is 1. The molecule has 0 unspecified atom stereocenters. The molecule has 0 radical (unpaired) electrons. The van der Waals surface area contributed by atoms with Crippen molar-refractivity contribution in [3.8, 4) is 0 Å². The molecule has 0 amide bonds. The highest BCUT2D eigenvalue weighted by atomic mass is 32.1. The maximum atomic E-state index is 3.90. The van der Waals surface area contributed by atoms with Crippen molar-refractivity contribution in [3.63, 3.8) is 0 Å². The van der Waals surface area contributed by atoms with E-state index in [-0.39, 0.29) is 0 Å². The van der Waals surface area contributed by atoms with Crippen LogP contribution in [-0.2, 0) is 0 Å². The summed E-state index contributed by atoms with van der Waals surface area (Å²) in [4.78, 5) is 0. The van der Waals surface area contributed by atoms with Gasteiger partial charge in [-0.1, -0.05) is 30.4 Å². The Morgan fingerprint density at radius 2 is 2.25 bits per heavy atom. The molecule has 0 fully saturated rings. The normalized spacial score (nSPS) is 12.5. The smallest absolute Gasteiger partial charge is 0.0322 e. The Labute approximate surface area is 56.0 Å². The molecule has 1 heteroatoms. The molecule has 0 aromatic rings. The first kappa shape index (κ1) is 7.57. The van der Waals surface area contributed by atoms with Gasteiger partial charge in [0.15, 0.2) is 0 Å². The second-order valence-corrected chi connectivity index (χ2v) is 1.76. The second kappa shape index (κ2) is 4.72. The van der Waals surface area contributed by atoms with Gasteiger partial charge in [-0.2, -0.15) is 12.6 Å². The van der Waals surface area contributed by atoms with Gasteiger partial charge < -0.3 is 0 Å². The minimum absolute atomic E-state index is 1.16. The molecule has 0 nitrogen and oxygen atoms in total. The zero-order valence-corrected chi connectivity index (χ0v) is 5.86. The molecule has 0 N–H and O–H groups in total. The van der Waals surface area contributed by atoms with Crippen LogP contribution < -0.4 is 0 Å². The van der Waals surface area contributed by atoms with Crippen molar-refractivity contribution in [1.82, 2.24) is 0 Å². The summed E-state index contributed by atoms with van der Waals surface area (Å²) >= 11 is 3.90. The van der Waals surface area contributed by atoms with Gasteiger partial charge in [0, 0.05) is 0 Å². The lowest BCUT2D eigenvalue weighted by Gasteiger charge is -1.82. The Morgan fingerprint density at radius 3 is 2.62 bits per heavy atom. The average Bonchev–Trinajstić information content (AvgIpc) is 1.68. The SMILES string of the molecule is C=C/C=C(C)\C=C/S. The van der Waals surface area contributed by atoms with E-state index < -0.39 is 0 Å². The summed E-state index contributed by atoms with van der Waals surface area (Å²) in [6, 6.07) is 0. The summed E-state index contributed by atoms with van der Waals surface area (Å²) in [5.41, 5.74) is 1.16. The second-order valence-electron chi connectivity index (χ2n) is 1.46. The Morgan fingerprint density at radius 1 is 1.62 bits per heavy atom. The van der Waals surface area contributed by atoms with Crippen LogP contribution in [0.15, 0.2) is 35.8 Å². The third kappa shape index (κ3) is 3.75. The van der Waals surface area contributed by atoms with E-state index in [1.54, 1.807) is 11.5 Å². The number of hydrogen-bond acceptors (Lipinski definition) is 1. The van der Waals surface area contributed by atoms with Crippen LogP contribution in [0.5, 0.6) is 0 Å². The van der Waals surface area contributed by atoms with Crippen molar-refractivity contribution in [2.45, 2.75) is 6.92 Å². The largest absolute Gasteiger partial charge is 0.151 e. The summed E-state index contributed by atoms with van der Waals surface area (Å²) in [5, 5.41) is 1.70. The lowest BCUT2D eigenvalue weighted by Crippen LogP contribution is -1.60. The summed E-state index contributed by atoms with van der Waals surface area (Å²) in [6.07, 6.45) is 5.58. The quantitative estimate of drug-likeness (QED) is 0.426. The van der Waals surface area contributed by atoms with Gasteiger partial charge in [0.25, 0.3) is 0 Å². The summed E-state index contributed by atoms with van der Waals surface area (Å²) in [5.74, 6) is 0. The molecule has 0 aromatic heterocycles. The van der Waals surface area contributed by atoms with Crippen molar-refractivity contribution in [2.75, 3.05) is 0 Å². The van der Waals surface area contributed by atoms with Crippen molar-refractivity contribution < 1.29 is 0 Å². The Balaban J connectivity index is 3.79. The van der Waals surface area contributed by atoms with Crippen molar-refractivity contribution in [2.24, 2.45) is 0 Å². The van der Waals surface area contributed by atoms with Gasteiger partial charge in [-0.3, -0.25) is 0 Å². The number of rotatable bonds is 2. The summed E-state index contributed by atoms with van der Waals surface area (Å²) < 4.78 is 0. The molecule has 0 atom stereocenters. The van der Waals surface area contributed by atoms with E-state index in [0.717, 1.165) is 5.57 Å². The van der Waals surface area contributed by atoms with Gasteiger partial charge in [0.1, 0.15) is 0 Å². The topological polar surface area (TPSA) is 0 Å². The molecule has 0 spiro atoms. The highest BCUT2D eigenvalue weighted by molar-refractivity contribution is 7.83. The molecule has 0 rings (SSSR count). The monoisotopic (exact) mass is 126 g/mol. The molecule has 0 aliphatic carbocycles. The van der Waals surface area contributed by atoms with Crippen LogP contribution in [0, 0.1) is 0 Å². The van der Waals surface area contributed by atoms with E-state index in [9.17, 15) is 0 Å². The molecular weight excluding hydrogens is 116 g/mol. The van der Waals surface area contributed by atoms with Gasteiger partial charge in [-0.05, 0) is 12.3 Å². The third-order valence-electron chi connectivity index (χ3n) is 0.718. The van der Waals surface area contributed by atoms with Gasteiger partial charge in [-0.25, -0.2) is 0 Å².